The molecule has 1 atom stereocenters. The van der Waals surface area contributed by atoms with E-state index >= 15 is 0 Å². The van der Waals surface area contributed by atoms with Gasteiger partial charge in [-0.05, 0) is 12.1 Å². The van der Waals surface area contributed by atoms with E-state index in [-0.39, 0.29) is 16.4 Å². The lowest BCUT2D eigenvalue weighted by molar-refractivity contribution is -0.117. The van der Waals surface area contributed by atoms with Gasteiger partial charge in [-0.2, -0.15) is 0 Å². The molecule has 1 aliphatic heterocycles. The minimum atomic E-state index is -0.436. The van der Waals surface area contributed by atoms with E-state index in [2.05, 4.69) is 15.9 Å². The van der Waals surface area contributed by atoms with E-state index in [1.54, 1.807) is 12.1 Å². The monoisotopic (exact) mass is 287 g/mol. The number of halogens is 2. The van der Waals surface area contributed by atoms with Gasteiger partial charge in [0.15, 0.2) is 5.82 Å². The average Bonchev–Trinajstić information content (AvgIpc) is 2.57. The topological polar surface area (TPSA) is 29.5 Å². The van der Waals surface area contributed by atoms with Crippen molar-refractivity contribution in [3.05, 3.63) is 24.0 Å². The van der Waals surface area contributed by atoms with Crippen molar-refractivity contribution in [1.29, 1.82) is 0 Å². The maximum atomic E-state index is 13.7. The van der Waals surface area contributed by atoms with Crippen LogP contribution >= 0.6 is 15.9 Å². The molecule has 86 valence electrons. The number of carbonyl (C=O) groups excluding carboxylic acids is 1. The maximum Gasteiger partial charge on any atom is 0.228 e. The largest absolute Gasteiger partial charge is 0.494 e. The lowest BCUT2D eigenvalue weighted by Crippen LogP contribution is -2.26. The normalized spacial score (nSPS) is 20.3. The van der Waals surface area contributed by atoms with Gasteiger partial charge in [0, 0.05) is 17.8 Å². The summed E-state index contributed by atoms with van der Waals surface area (Å²) in [5.74, 6) is -0.144. The quantitative estimate of drug-likeness (QED) is 0.782. The van der Waals surface area contributed by atoms with Crippen molar-refractivity contribution in [2.75, 3.05) is 18.6 Å². The van der Waals surface area contributed by atoms with Crippen LogP contribution in [0.5, 0.6) is 5.75 Å². The lowest BCUT2D eigenvalue weighted by atomic mass is 10.2. The molecule has 0 bridgehead atoms. The summed E-state index contributed by atoms with van der Waals surface area (Å²) >= 11 is 3.36. The number of hydrogen-bond donors (Lipinski definition) is 0. The molecule has 0 aliphatic carbocycles. The Morgan fingerprint density at radius 2 is 2.31 bits per heavy atom. The molecule has 1 aromatic carbocycles. The Labute approximate surface area is 101 Å². The highest BCUT2D eigenvalue weighted by molar-refractivity contribution is 9.09. The number of nitrogens with zero attached hydrogens (tertiary/aromatic N) is 1. The van der Waals surface area contributed by atoms with Gasteiger partial charge < -0.3 is 9.64 Å². The van der Waals surface area contributed by atoms with Crippen molar-refractivity contribution in [2.45, 2.75) is 11.2 Å². The molecule has 3 nitrogen and oxygen atoms in total. The Morgan fingerprint density at radius 3 is 2.88 bits per heavy atom. The molecule has 0 saturated carbocycles. The molecule has 0 N–H and O–H groups in total. The van der Waals surface area contributed by atoms with Crippen molar-refractivity contribution in [3.63, 3.8) is 0 Å². The van der Waals surface area contributed by atoms with Gasteiger partial charge in [-0.25, -0.2) is 4.39 Å². The zero-order valence-electron chi connectivity index (χ0n) is 8.74. The van der Waals surface area contributed by atoms with Crippen LogP contribution in [-0.4, -0.2) is 24.4 Å². The van der Waals surface area contributed by atoms with Gasteiger partial charge in [-0.15, -0.1) is 0 Å². The van der Waals surface area contributed by atoms with Gasteiger partial charge >= 0.3 is 0 Å². The van der Waals surface area contributed by atoms with E-state index < -0.39 is 5.82 Å². The van der Waals surface area contributed by atoms with Crippen LogP contribution in [-0.2, 0) is 4.79 Å². The Morgan fingerprint density at radius 1 is 1.56 bits per heavy atom. The Balaban J connectivity index is 2.43. The van der Waals surface area contributed by atoms with Gasteiger partial charge in [0.05, 0.1) is 7.11 Å². The molecule has 2 rings (SSSR count). The molecule has 1 amide bonds. The van der Waals surface area contributed by atoms with E-state index in [0.717, 1.165) is 0 Å². The first kappa shape index (κ1) is 11.4. The van der Waals surface area contributed by atoms with Gasteiger partial charge in [-0.1, -0.05) is 22.0 Å². The first-order valence-electron chi connectivity index (χ1n) is 4.90. The molecule has 0 aromatic heterocycles. The SMILES string of the molecule is COc1cccc(F)c1N1CC(Br)CC1=O. The molecule has 0 radical (unpaired) electrons. The number of anilines is 1. The molecule has 1 heterocycles. The van der Waals surface area contributed by atoms with E-state index in [9.17, 15) is 9.18 Å². The van der Waals surface area contributed by atoms with Gasteiger partial charge in [-0.3, -0.25) is 4.79 Å². The zero-order valence-corrected chi connectivity index (χ0v) is 10.3. The van der Waals surface area contributed by atoms with Crippen LogP contribution in [0.3, 0.4) is 0 Å². The summed E-state index contributed by atoms with van der Waals surface area (Å²) in [6, 6.07) is 4.53. The highest BCUT2D eigenvalue weighted by Gasteiger charge is 2.32. The van der Waals surface area contributed by atoms with Gasteiger partial charge in [0.1, 0.15) is 11.4 Å². The Bertz CT molecular complexity index is 424. The number of rotatable bonds is 2. The average molecular weight is 288 g/mol. The second kappa shape index (κ2) is 4.41. The van der Waals surface area contributed by atoms with E-state index in [4.69, 9.17) is 4.74 Å². The molecule has 5 heteroatoms. The van der Waals surface area contributed by atoms with Crippen LogP contribution in [0, 0.1) is 5.82 Å². The fourth-order valence-corrected chi connectivity index (χ4v) is 2.37. The number of benzene rings is 1. The van der Waals surface area contributed by atoms with Crippen LogP contribution in [0.15, 0.2) is 18.2 Å². The molecule has 0 spiro atoms. The van der Waals surface area contributed by atoms with Crippen molar-refractivity contribution in [3.8, 4) is 5.75 Å². The summed E-state index contributed by atoms with van der Waals surface area (Å²) in [5, 5.41) is 0. The minimum Gasteiger partial charge on any atom is -0.494 e. The first-order chi connectivity index (χ1) is 7.63. The number of methoxy groups -OCH3 is 1. The third-order valence-corrected chi connectivity index (χ3v) is 3.13. The Hall–Kier alpha value is -1.10. The van der Waals surface area contributed by atoms with Gasteiger partial charge in [0.25, 0.3) is 0 Å². The number of hydrogen-bond acceptors (Lipinski definition) is 2. The van der Waals surface area contributed by atoms with Crippen molar-refractivity contribution < 1.29 is 13.9 Å². The highest BCUT2D eigenvalue weighted by Crippen LogP contribution is 2.35. The highest BCUT2D eigenvalue weighted by atomic mass is 79.9. The summed E-state index contributed by atoms with van der Waals surface area (Å²) in [6.45, 7) is 0.468. The van der Waals surface area contributed by atoms with Crippen LogP contribution in [0.4, 0.5) is 10.1 Å². The summed E-state index contributed by atoms with van der Waals surface area (Å²) in [7, 11) is 1.46. The molecule has 1 saturated heterocycles. The smallest absolute Gasteiger partial charge is 0.228 e. The number of amides is 1. The predicted octanol–water partition coefficient (Wildman–Crippen LogP) is 2.33. The predicted molar refractivity (Wildman–Crippen MR) is 62.6 cm³/mol. The first-order valence-corrected chi connectivity index (χ1v) is 5.82. The summed E-state index contributed by atoms with van der Waals surface area (Å²) in [4.78, 5) is 13.2. The fourth-order valence-electron chi connectivity index (χ4n) is 1.80. The minimum absolute atomic E-state index is 0.0734. The van der Waals surface area contributed by atoms with E-state index in [1.807, 2.05) is 0 Å². The molecular weight excluding hydrogens is 277 g/mol. The Kier molecular flexibility index (Phi) is 3.14. The number of ether oxygens (including phenoxy) is 1. The van der Waals surface area contributed by atoms with Crippen LogP contribution in [0.25, 0.3) is 0 Å². The van der Waals surface area contributed by atoms with Crippen molar-refractivity contribution in [1.82, 2.24) is 0 Å². The molecule has 1 unspecified atom stereocenters. The molecular formula is C11H11BrFNO2. The molecule has 16 heavy (non-hydrogen) atoms. The van der Waals surface area contributed by atoms with Crippen molar-refractivity contribution in [2.24, 2.45) is 0 Å². The summed E-state index contributed by atoms with van der Waals surface area (Å²) in [6.07, 6.45) is 0.386. The van der Waals surface area contributed by atoms with Crippen LogP contribution in [0.2, 0.25) is 0 Å². The van der Waals surface area contributed by atoms with Crippen LogP contribution < -0.4 is 9.64 Å². The number of para-hydroxylation sites is 1. The molecule has 1 aliphatic rings. The van der Waals surface area contributed by atoms with Crippen LogP contribution in [0.1, 0.15) is 6.42 Å². The maximum absolute atomic E-state index is 13.7. The fraction of sp³-hybridized carbons (Fsp3) is 0.364. The standard InChI is InChI=1S/C11H11BrFNO2/c1-16-9-4-2-3-8(13)11(9)14-6-7(12)5-10(14)15/h2-4,7H,5-6H2,1H3. The van der Waals surface area contributed by atoms with E-state index in [0.29, 0.717) is 18.7 Å². The third-order valence-electron chi connectivity index (χ3n) is 2.52. The second-order valence-electron chi connectivity index (χ2n) is 3.60. The molecule has 1 fully saturated rings. The lowest BCUT2D eigenvalue weighted by Gasteiger charge is -2.19. The third kappa shape index (κ3) is 1.91. The number of carbonyl (C=O) groups is 1. The second-order valence-corrected chi connectivity index (χ2v) is 4.89. The summed E-state index contributed by atoms with van der Waals surface area (Å²) in [5.41, 5.74) is 0.233. The zero-order chi connectivity index (χ0) is 11.7. The van der Waals surface area contributed by atoms with E-state index in [1.165, 1.54) is 18.1 Å². The van der Waals surface area contributed by atoms with Crippen molar-refractivity contribution >= 4 is 27.5 Å². The number of alkyl halides is 1. The molecule has 1 aromatic rings. The summed E-state index contributed by atoms with van der Waals surface area (Å²) < 4.78 is 18.8. The van der Waals surface area contributed by atoms with Gasteiger partial charge in [0.2, 0.25) is 5.91 Å².